The van der Waals surface area contributed by atoms with Crippen LogP contribution in [0.2, 0.25) is 0 Å². The van der Waals surface area contributed by atoms with Gasteiger partial charge in [-0.15, -0.1) is 0 Å². The van der Waals surface area contributed by atoms with Gasteiger partial charge in [-0.1, -0.05) is 13.8 Å². The van der Waals surface area contributed by atoms with Gasteiger partial charge in [-0.2, -0.15) is 13.5 Å². The van der Waals surface area contributed by atoms with Crippen molar-refractivity contribution in [1.29, 1.82) is 0 Å². The van der Waals surface area contributed by atoms with E-state index in [0.717, 1.165) is 6.61 Å². The fourth-order valence-electron chi connectivity index (χ4n) is 0.739. The molecule has 2 heteroatoms. The minimum Gasteiger partial charge on any atom is -0.379 e. The van der Waals surface area contributed by atoms with Crippen LogP contribution in [0.15, 0.2) is 0 Å². The predicted octanol–water partition coefficient (Wildman–Crippen LogP) is 2.32. The summed E-state index contributed by atoms with van der Waals surface area (Å²) in [5.41, 5.74) is 0. The second-order valence-corrected chi connectivity index (χ2v) is 1.82. The van der Waals surface area contributed by atoms with Crippen LogP contribution in [0, 0.1) is 0 Å². The molecule has 1 nitrogen and oxygen atoms in total. The lowest BCUT2D eigenvalue weighted by molar-refractivity contribution is 0.125. The topological polar surface area (TPSA) is 9.23 Å². The first kappa shape index (κ1) is 12.0. The van der Waals surface area contributed by atoms with E-state index >= 15 is 0 Å². The summed E-state index contributed by atoms with van der Waals surface area (Å²) in [6.07, 6.45) is 3.08. The van der Waals surface area contributed by atoms with Gasteiger partial charge in [0.1, 0.15) is 0 Å². The van der Waals surface area contributed by atoms with Crippen LogP contribution in [0.4, 0.5) is 0 Å². The standard InChI is InChI=1S/C5H10O.C2H6.H2S/c1-5-3-2-4-6-5;1-2;/h5H,2-4H2,1H3;1-2H3;1H2/t5-;;/m1../s1. The first-order chi connectivity index (χ1) is 3.89. The summed E-state index contributed by atoms with van der Waals surface area (Å²) < 4.78 is 5.15. The van der Waals surface area contributed by atoms with Crippen molar-refractivity contribution in [2.75, 3.05) is 6.61 Å². The molecule has 0 aliphatic carbocycles. The maximum absolute atomic E-state index is 5.15. The molecule has 1 fully saturated rings. The van der Waals surface area contributed by atoms with E-state index in [4.69, 9.17) is 4.74 Å². The molecule has 1 aliphatic rings. The lowest BCUT2D eigenvalue weighted by Crippen LogP contribution is -1.94. The third-order valence-corrected chi connectivity index (χ3v) is 1.16. The van der Waals surface area contributed by atoms with Crippen LogP contribution in [0.25, 0.3) is 0 Å². The third kappa shape index (κ3) is 6.19. The first-order valence-corrected chi connectivity index (χ1v) is 3.51. The zero-order valence-electron chi connectivity index (χ0n) is 6.61. The Morgan fingerprint density at radius 2 is 1.89 bits per heavy atom. The largest absolute Gasteiger partial charge is 0.379 e. The van der Waals surface area contributed by atoms with Crippen molar-refractivity contribution in [3.63, 3.8) is 0 Å². The van der Waals surface area contributed by atoms with Gasteiger partial charge in [-0.25, -0.2) is 0 Å². The summed E-state index contributed by atoms with van der Waals surface area (Å²) in [7, 11) is 0. The molecule has 1 heterocycles. The fraction of sp³-hybridized carbons (Fsp3) is 1.00. The van der Waals surface area contributed by atoms with Crippen LogP contribution in [-0.2, 0) is 4.74 Å². The molecule has 1 aliphatic heterocycles. The summed E-state index contributed by atoms with van der Waals surface area (Å²) in [5, 5.41) is 0. The molecule has 1 rings (SSSR count). The molecule has 1 atom stereocenters. The minimum atomic E-state index is 0. The maximum atomic E-state index is 5.15. The normalized spacial score (nSPS) is 23.7. The molecule has 0 aromatic carbocycles. The van der Waals surface area contributed by atoms with Crippen LogP contribution in [0.3, 0.4) is 0 Å². The lowest BCUT2D eigenvalue weighted by atomic mass is 10.3. The average molecular weight is 150 g/mol. The Hall–Kier alpha value is 0.310. The van der Waals surface area contributed by atoms with Crippen molar-refractivity contribution in [2.45, 2.75) is 39.7 Å². The summed E-state index contributed by atoms with van der Waals surface area (Å²) >= 11 is 0. The van der Waals surface area contributed by atoms with Crippen LogP contribution in [-0.4, -0.2) is 12.7 Å². The van der Waals surface area contributed by atoms with E-state index < -0.39 is 0 Å². The van der Waals surface area contributed by atoms with E-state index in [9.17, 15) is 0 Å². The highest BCUT2D eigenvalue weighted by atomic mass is 32.1. The molecule has 0 N–H and O–H groups in total. The van der Waals surface area contributed by atoms with Crippen LogP contribution >= 0.6 is 13.5 Å². The quantitative estimate of drug-likeness (QED) is 0.515. The number of rotatable bonds is 0. The van der Waals surface area contributed by atoms with Gasteiger partial charge in [0.05, 0.1) is 6.10 Å². The predicted molar refractivity (Wildman–Crippen MR) is 46.4 cm³/mol. The Labute approximate surface area is 65.2 Å². The SMILES string of the molecule is CC.C[C@@H]1CCCO1.S. The van der Waals surface area contributed by atoms with Crippen LogP contribution in [0.5, 0.6) is 0 Å². The van der Waals surface area contributed by atoms with Gasteiger partial charge in [0.25, 0.3) is 0 Å². The maximum Gasteiger partial charge on any atom is 0.0547 e. The molecule has 9 heavy (non-hydrogen) atoms. The fourth-order valence-corrected chi connectivity index (χ4v) is 0.739. The molecule has 0 aromatic rings. The van der Waals surface area contributed by atoms with E-state index in [1.54, 1.807) is 0 Å². The van der Waals surface area contributed by atoms with Crippen molar-refractivity contribution in [1.82, 2.24) is 0 Å². The van der Waals surface area contributed by atoms with Gasteiger partial charge >= 0.3 is 0 Å². The highest BCUT2D eigenvalue weighted by Crippen LogP contribution is 2.09. The van der Waals surface area contributed by atoms with Crippen LogP contribution < -0.4 is 0 Å². The van der Waals surface area contributed by atoms with Gasteiger partial charge in [0, 0.05) is 6.61 Å². The summed E-state index contributed by atoms with van der Waals surface area (Å²) in [6.45, 7) is 7.11. The van der Waals surface area contributed by atoms with Crippen molar-refractivity contribution in [3.05, 3.63) is 0 Å². The highest BCUT2D eigenvalue weighted by molar-refractivity contribution is 7.59. The zero-order chi connectivity index (χ0) is 6.41. The first-order valence-electron chi connectivity index (χ1n) is 3.51. The molecule has 0 radical (unpaired) electrons. The van der Waals surface area contributed by atoms with Crippen molar-refractivity contribution >= 4 is 13.5 Å². The van der Waals surface area contributed by atoms with E-state index in [1.165, 1.54) is 12.8 Å². The zero-order valence-corrected chi connectivity index (χ0v) is 7.61. The Kier molecular flexibility index (Phi) is 11.1. The van der Waals surface area contributed by atoms with Gasteiger partial charge < -0.3 is 4.74 Å². The molecule has 1 saturated heterocycles. The Balaban J connectivity index is 0. The third-order valence-electron chi connectivity index (χ3n) is 1.16. The number of hydrogen-bond donors (Lipinski definition) is 0. The summed E-state index contributed by atoms with van der Waals surface area (Å²) in [6, 6.07) is 0. The van der Waals surface area contributed by atoms with Gasteiger partial charge in [-0.3, -0.25) is 0 Å². The second kappa shape index (κ2) is 8.31. The van der Waals surface area contributed by atoms with Crippen molar-refractivity contribution in [2.24, 2.45) is 0 Å². The summed E-state index contributed by atoms with van der Waals surface area (Å²) in [5.74, 6) is 0. The molecule has 58 valence electrons. The van der Waals surface area contributed by atoms with E-state index in [1.807, 2.05) is 13.8 Å². The Morgan fingerprint density at radius 1 is 1.33 bits per heavy atom. The van der Waals surface area contributed by atoms with Crippen molar-refractivity contribution < 1.29 is 4.74 Å². The Morgan fingerprint density at radius 3 is 2.00 bits per heavy atom. The molecule has 0 spiro atoms. The molecule has 0 bridgehead atoms. The van der Waals surface area contributed by atoms with E-state index in [-0.39, 0.29) is 13.5 Å². The van der Waals surface area contributed by atoms with E-state index in [0.29, 0.717) is 6.10 Å². The molecule has 0 aromatic heterocycles. The van der Waals surface area contributed by atoms with Crippen LogP contribution in [0.1, 0.15) is 33.6 Å². The van der Waals surface area contributed by atoms with Gasteiger partial charge in [0.2, 0.25) is 0 Å². The monoisotopic (exact) mass is 150 g/mol. The summed E-state index contributed by atoms with van der Waals surface area (Å²) in [4.78, 5) is 0. The smallest absolute Gasteiger partial charge is 0.0547 e. The van der Waals surface area contributed by atoms with E-state index in [2.05, 4.69) is 6.92 Å². The number of ether oxygens (including phenoxy) is 1. The average Bonchev–Trinajstić information content (AvgIpc) is 2.24. The second-order valence-electron chi connectivity index (χ2n) is 1.82. The molecular formula is C7H18OS. The van der Waals surface area contributed by atoms with Crippen molar-refractivity contribution in [3.8, 4) is 0 Å². The molecule has 0 saturated carbocycles. The molecular weight excluding hydrogens is 132 g/mol. The van der Waals surface area contributed by atoms with Gasteiger partial charge in [0.15, 0.2) is 0 Å². The van der Waals surface area contributed by atoms with Gasteiger partial charge in [-0.05, 0) is 19.8 Å². The molecule has 0 amide bonds. The Bertz CT molecular complexity index is 42.2. The lowest BCUT2D eigenvalue weighted by Gasteiger charge is -1.94. The molecule has 0 unspecified atom stereocenters. The number of hydrogen-bond acceptors (Lipinski definition) is 1. The minimum absolute atomic E-state index is 0. The highest BCUT2D eigenvalue weighted by Gasteiger charge is 2.07.